The molecule has 0 aliphatic carbocycles. The van der Waals surface area contributed by atoms with Gasteiger partial charge in [-0.05, 0) is 37.3 Å². The van der Waals surface area contributed by atoms with E-state index in [1.807, 2.05) is 0 Å². The molecule has 0 aliphatic heterocycles. The van der Waals surface area contributed by atoms with Gasteiger partial charge < -0.3 is 15.8 Å². The third-order valence-corrected chi connectivity index (χ3v) is 3.99. The number of halogens is 6. The number of nitrogens with two attached hydrogens (primary N) is 1. The van der Waals surface area contributed by atoms with E-state index in [9.17, 15) is 26.7 Å². The third-order valence-electron chi connectivity index (χ3n) is 3.69. The number of carbonyl (C=O) groups is 1. The first-order valence-electron chi connectivity index (χ1n) is 8.18. The van der Waals surface area contributed by atoms with E-state index >= 15 is 0 Å². The second kappa shape index (κ2) is 9.12. The Hall–Kier alpha value is -3.14. The van der Waals surface area contributed by atoms with E-state index in [0.717, 1.165) is 37.4 Å². The number of nitrogens with one attached hydrogen (secondary N) is 1. The van der Waals surface area contributed by atoms with Gasteiger partial charge in [0, 0.05) is 18.8 Å². The highest BCUT2D eigenvalue weighted by atomic mass is 35.5. The predicted octanol–water partition coefficient (Wildman–Crippen LogP) is 5.46. The van der Waals surface area contributed by atoms with Gasteiger partial charge in [-0.15, -0.1) is 0 Å². The summed E-state index contributed by atoms with van der Waals surface area (Å²) < 4.78 is 71.2. The zero-order valence-electron chi connectivity index (χ0n) is 15.6. The third kappa shape index (κ3) is 5.47. The van der Waals surface area contributed by atoms with Crippen molar-refractivity contribution in [3.63, 3.8) is 0 Å². The van der Waals surface area contributed by atoms with Gasteiger partial charge in [0.1, 0.15) is 17.1 Å². The quantitative estimate of drug-likeness (QED) is 0.363. The number of allylic oxidation sites excluding steroid dienone is 1. The highest BCUT2D eigenvalue weighted by Crippen LogP contribution is 2.38. The van der Waals surface area contributed by atoms with Crippen molar-refractivity contribution in [2.24, 2.45) is 10.7 Å². The number of benzene rings is 2. The van der Waals surface area contributed by atoms with Crippen molar-refractivity contribution in [3.05, 3.63) is 64.1 Å². The number of amides is 1. The molecule has 0 fully saturated rings. The lowest BCUT2D eigenvalue weighted by Gasteiger charge is -2.15. The molecule has 3 N–H and O–H groups in total. The Morgan fingerprint density at radius 3 is 2.37 bits per heavy atom. The van der Waals surface area contributed by atoms with Crippen molar-refractivity contribution in [3.8, 4) is 11.5 Å². The fourth-order valence-electron chi connectivity index (χ4n) is 2.29. The number of aliphatic imine (C=N–C) groups is 1. The Balaban J connectivity index is 2.39. The lowest BCUT2D eigenvalue weighted by molar-refractivity contribution is -0.137. The van der Waals surface area contributed by atoms with Crippen LogP contribution in [0.2, 0.25) is 5.02 Å². The minimum Gasteiger partial charge on any atom is -0.454 e. The molecule has 0 saturated heterocycles. The standard InChI is InChI=1S/C19H15ClF5N3O2/c1-9(26)16(17(22)27-2)18(29)28-13-5-4-11(21)8-15(13)30-14-6-3-10(7-12(14)20)19(23,24)25/h3-8H,26H2,1-2H3,(H,28,29). The van der Waals surface area contributed by atoms with Crippen LogP contribution in [-0.4, -0.2) is 18.9 Å². The molecule has 0 heterocycles. The molecule has 0 atom stereocenters. The normalized spacial score (nSPS) is 13.0. The van der Waals surface area contributed by atoms with Crippen molar-refractivity contribution < 1.29 is 31.5 Å². The highest BCUT2D eigenvalue weighted by Gasteiger charge is 2.31. The highest BCUT2D eigenvalue weighted by molar-refractivity contribution is 6.32. The average molecular weight is 448 g/mol. The van der Waals surface area contributed by atoms with Crippen LogP contribution in [0.25, 0.3) is 0 Å². The topological polar surface area (TPSA) is 76.7 Å². The van der Waals surface area contributed by atoms with Crippen molar-refractivity contribution in [2.75, 3.05) is 12.4 Å². The molecule has 2 aromatic carbocycles. The minimum atomic E-state index is -4.62. The minimum absolute atomic E-state index is 0.111. The van der Waals surface area contributed by atoms with Gasteiger partial charge in [-0.25, -0.2) is 4.39 Å². The molecule has 0 radical (unpaired) electrons. The summed E-state index contributed by atoms with van der Waals surface area (Å²) in [5.74, 6) is -3.39. The summed E-state index contributed by atoms with van der Waals surface area (Å²) >= 11 is 5.84. The molecular formula is C19H15ClF5N3O2. The summed E-state index contributed by atoms with van der Waals surface area (Å²) in [7, 11) is 1.12. The lowest BCUT2D eigenvalue weighted by atomic mass is 10.2. The molecule has 1 amide bonds. The van der Waals surface area contributed by atoms with Crippen molar-refractivity contribution in [1.29, 1.82) is 0 Å². The molecule has 30 heavy (non-hydrogen) atoms. The van der Waals surface area contributed by atoms with Crippen molar-refractivity contribution in [2.45, 2.75) is 13.1 Å². The van der Waals surface area contributed by atoms with Crippen molar-refractivity contribution in [1.82, 2.24) is 0 Å². The summed E-state index contributed by atoms with van der Waals surface area (Å²) in [5.41, 5.74) is 3.70. The Labute approximate surface area is 173 Å². The predicted molar refractivity (Wildman–Crippen MR) is 103 cm³/mol. The van der Waals surface area contributed by atoms with Crippen LogP contribution in [0.1, 0.15) is 12.5 Å². The zero-order valence-corrected chi connectivity index (χ0v) is 16.3. The van der Waals surface area contributed by atoms with Crippen LogP contribution >= 0.6 is 11.6 Å². The number of hydrogen-bond donors (Lipinski definition) is 2. The number of anilines is 1. The summed E-state index contributed by atoms with van der Waals surface area (Å²) in [4.78, 5) is 15.7. The van der Waals surface area contributed by atoms with E-state index in [4.69, 9.17) is 22.1 Å². The summed E-state index contributed by atoms with van der Waals surface area (Å²) in [6.45, 7) is 1.28. The lowest BCUT2D eigenvalue weighted by Crippen LogP contribution is -2.22. The number of nitrogens with zero attached hydrogens (tertiary/aromatic N) is 1. The number of hydrogen-bond acceptors (Lipinski definition) is 4. The van der Waals surface area contributed by atoms with Crippen LogP contribution in [-0.2, 0) is 11.0 Å². The molecule has 0 spiro atoms. The van der Waals surface area contributed by atoms with E-state index in [1.54, 1.807) is 0 Å². The Morgan fingerprint density at radius 1 is 1.17 bits per heavy atom. The Kier molecular flexibility index (Phi) is 7.04. The molecule has 0 aromatic heterocycles. The first-order valence-corrected chi connectivity index (χ1v) is 8.56. The van der Waals surface area contributed by atoms with Gasteiger partial charge in [0.05, 0.1) is 16.3 Å². The van der Waals surface area contributed by atoms with Gasteiger partial charge in [-0.2, -0.15) is 17.6 Å². The number of ether oxygens (including phenoxy) is 1. The van der Waals surface area contributed by atoms with Crippen LogP contribution < -0.4 is 15.8 Å². The fraction of sp³-hybridized carbons (Fsp3) is 0.158. The largest absolute Gasteiger partial charge is 0.454 e. The summed E-state index contributed by atoms with van der Waals surface area (Å²) in [6.07, 6.45) is -4.62. The van der Waals surface area contributed by atoms with Gasteiger partial charge in [0.15, 0.2) is 5.75 Å². The number of carbonyl (C=O) groups excluding carboxylic acids is 1. The van der Waals surface area contributed by atoms with Crippen LogP contribution in [0, 0.1) is 5.82 Å². The van der Waals surface area contributed by atoms with E-state index in [-0.39, 0.29) is 22.9 Å². The van der Waals surface area contributed by atoms with Gasteiger partial charge in [-0.3, -0.25) is 9.79 Å². The van der Waals surface area contributed by atoms with E-state index in [1.165, 1.54) is 6.92 Å². The number of rotatable bonds is 5. The van der Waals surface area contributed by atoms with Gasteiger partial charge >= 0.3 is 6.18 Å². The fourth-order valence-corrected chi connectivity index (χ4v) is 2.51. The van der Waals surface area contributed by atoms with Crippen molar-refractivity contribution >= 4 is 29.2 Å². The van der Waals surface area contributed by atoms with Crippen LogP contribution in [0.5, 0.6) is 11.5 Å². The first kappa shape index (κ1) is 23.1. The smallest absolute Gasteiger partial charge is 0.416 e. The molecular weight excluding hydrogens is 433 g/mol. The van der Waals surface area contributed by atoms with Crippen LogP contribution in [0.15, 0.2) is 52.7 Å². The second-order valence-electron chi connectivity index (χ2n) is 5.91. The molecule has 0 bridgehead atoms. The first-order chi connectivity index (χ1) is 13.9. The molecule has 5 nitrogen and oxygen atoms in total. The van der Waals surface area contributed by atoms with E-state index in [0.29, 0.717) is 6.07 Å². The summed E-state index contributed by atoms with van der Waals surface area (Å²) in [5, 5.41) is 1.90. The Morgan fingerprint density at radius 2 is 1.83 bits per heavy atom. The Bertz CT molecular complexity index is 1030. The SMILES string of the molecule is CN=C(F)C(C(=O)Nc1ccc(F)cc1Oc1ccc(C(F)(F)F)cc1Cl)=C(C)N. The van der Waals surface area contributed by atoms with E-state index in [2.05, 4.69) is 10.3 Å². The zero-order chi connectivity index (χ0) is 22.6. The molecule has 11 heteroatoms. The molecule has 0 saturated carbocycles. The van der Waals surface area contributed by atoms with Gasteiger partial charge in [0.2, 0.25) is 5.97 Å². The molecule has 0 aliphatic rings. The van der Waals surface area contributed by atoms with Gasteiger partial charge in [0.25, 0.3) is 5.91 Å². The summed E-state index contributed by atoms with van der Waals surface area (Å²) in [6, 6.07) is 5.28. The molecule has 2 rings (SSSR count). The van der Waals surface area contributed by atoms with Gasteiger partial charge in [-0.1, -0.05) is 11.6 Å². The second-order valence-corrected chi connectivity index (χ2v) is 6.32. The van der Waals surface area contributed by atoms with Crippen LogP contribution in [0.4, 0.5) is 27.6 Å². The molecule has 160 valence electrons. The maximum atomic E-state index is 13.8. The van der Waals surface area contributed by atoms with E-state index < -0.39 is 40.0 Å². The maximum Gasteiger partial charge on any atom is 0.416 e. The van der Waals surface area contributed by atoms with Crippen LogP contribution in [0.3, 0.4) is 0 Å². The molecule has 2 aromatic rings. The maximum absolute atomic E-state index is 13.8. The average Bonchev–Trinajstić information content (AvgIpc) is 2.64. The monoisotopic (exact) mass is 447 g/mol. The molecule has 0 unspecified atom stereocenters. The number of alkyl halides is 3.